The molecule has 1 atom stereocenters. The van der Waals surface area contributed by atoms with Gasteiger partial charge in [0.15, 0.2) is 6.10 Å². The monoisotopic (exact) mass is 621 g/mol. The van der Waals surface area contributed by atoms with Crippen molar-refractivity contribution in [2.45, 2.75) is 187 Å². The van der Waals surface area contributed by atoms with Gasteiger partial charge in [-0.05, 0) is 44.9 Å². The number of esters is 3. The predicted molar refractivity (Wildman–Crippen MR) is 183 cm³/mol. The van der Waals surface area contributed by atoms with Crippen LogP contribution in [0.1, 0.15) is 181 Å². The molecule has 0 heterocycles. The molecule has 0 spiro atoms. The average molecular weight is 621 g/mol. The van der Waals surface area contributed by atoms with E-state index in [9.17, 15) is 14.4 Å². The first-order valence-corrected chi connectivity index (χ1v) is 18.3. The summed E-state index contributed by atoms with van der Waals surface area (Å²) in [4.78, 5) is 35.8. The summed E-state index contributed by atoms with van der Waals surface area (Å²) in [7, 11) is 0. The molecule has 0 rings (SSSR count). The van der Waals surface area contributed by atoms with Crippen LogP contribution in [0.5, 0.6) is 0 Å². The number of carbonyl (C=O) groups excluding carboxylic acids is 3. The van der Waals surface area contributed by atoms with Crippen LogP contribution in [0.25, 0.3) is 0 Å². The van der Waals surface area contributed by atoms with Gasteiger partial charge in [0.05, 0.1) is 0 Å². The van der Waals surface area contributed by atoms with Crippen molar-refractivity contribution in [2.75, 3.05) is 13.2 Å². The normalized spacial score (nSPS) is 12.2. The fourth-order valence-corrected chi connectivity index (χ4v) is 5.02. The Bertz CT molecular complexity index is 729. The summed E-state index contributed by atoms with van der Waals surface area (Å²) in [6, 6.07) is 0. The Hall–Kier alpha value is -2.11. The van der Waals surface area contributed by atoms with Gasteiger partial charge in [-0.2, -0.15) is 0 Å². The Morgan fingerprint density at radius 2 is 0.909 bits per heavy atom. The van der Waals surface area contributed by atoms with E-state index in [-0.39, 0.29) is 25.2 Å². The zero-order valence-electron chi connectivity index (χ0n) is 28.9. The number of hydrogen-bond acceptors (Lipinski definition) is 6. The second-order valence-corrected chi connectivity index (χ2v) is 12.2. The number of unbranched alkanes of at least 4 members (excludes halogenated alkanes) is 19. The zero-order valence-corrected chi connectivity index (χ0v) is 28.9. The van der Waals surface area contributed by atoms with Gasteiger partial charge in [0.25, 0.3) is 0 Å². The van der Waals surface area contributed by atoms with Crippen molar-refractivity contribution >= 4 is 17.9 Å². The van der Waals surface area contributed by atoms with E-state index in [1.807, 2.05) is 0 Å². The third kappa shape index (κ3) is 32.8. The van der Waals surface area contributed by atoms with Crippen LogP contribution in [0.2, 0.25) is 0 Å². The zero-order chi connectivity index (χ0) is 32.4. The lowest BCUT2D eigenvalue weighted by Crippen LogP contribution is -2.30. The molecule has 0 aliphatic heterocycles. The third-order valence-corrected chi connectivity index (χ3v) is 7.77. The van der Waals surface area contributed by atoms with Gasteiger partial charge in [0, 0.05) is 19.8 Å². The average Bonchev–Trinajstić information content (AvgIpc) is 3.00. The molecule has 0 amide bonds. The van der Waals surface area contributed by atoms with Crippen LogP contribution in [0, 0.1) is 0 Å². The molecular formula is C38H68O6. The molecule has 0 aliphatic carbocycles. The lowest BCUT2D eigenvalue weighted by Gasteiger charge is -2.17. The van der Waals surface area contributed by atoms with Gasteiger partial charge in [-0.3, -0.25) is 14.4 Å². The quantitative estimate of drug-likeness (QED) is 0.0322. The van der Waals surface area contributed by atoms with Gasteiger partial charge >= 0.3 is 17.9 Å². The Balaban J connectivity index is 3.90. The summed E-state index contributed by atoms with van der Waals surface area (Å²) in [5.41, 5.74) is 0. The van der Waals surface area contributed by atoms with Crippen LogP contribution in [0.4, 0.5) is 0 Å². The highest BCUT2D eigenvalue weighted by Gasteiger charge is 2.18. The van der Waals surface area contributed by atoms with Crippen molar-refractivity contribution in [3.8, 4) is 0 Å². The molecule has 0 saturated heterocycles. The molecule has 0 aromatic rings. The highest BCUT2D eigenvalue weighted by atomic mass is 16.6. The van der Waals surface area contributed by atoms with Crippen LogP contribution in [0.15, 0.2) is 24.3 Å². The van der Waals surface area contributed by atoms with Crippen LogP contribution < -0.4 is 0 Å². The highest BCUT2D eigenvalue weighted by Crippen LogP contribution is 2.13. The smallest absolute Gasteiger partial charge is 0.306 e. The fraction of sp³-hybridized carbons (Fsp3) is 0.816. The maximum absolute atomic E-state index is 12.4. The molecule has 0 N–H and O–H groups in total. The minimum Gasteiger partial charge on any atom is -0.462 e. The van der Waals surface area contributed by atoms with E-state index in [0.29, 0.717) is 12.8 Å². The van der Waals surface area contributed by atoms with Crippen LogP contribution in [-0.4, -0.2) is 37.2 Å². The molecule has 256 valence electrons. The van der Waals surface area contributed by atoms with Crippen molar-refractivity contribution in [3.05, 3.63) is 24.3 Å². The number of rotatable bonds is 32. The molecule has 6 heteroatoms. The maximum Gasteiger partial charge on any atom is 0.306 e. The molecule has 0 saturated carbocycles. The number of hydrogen-bond donors (Lipinski definition) is 0. The molecule has 1 unspecified atom stereocenters. The van der Waals surface area contributed by atoms with E-state index in [1.165, 1.54) is 90.4 Å². The first-order valence-electron chi connectivity index (χ1n) is 18.3. The summed E-state index contributed by atoms with van der Waals surface area (Å²) in [6.07, 6.45) is 36.1. The van der Waals surface area contributed by atoms with E-state index >= 15 is 0 Å². The van der Waals surface area contributed by atoms with Crippen molar-refractivity contribution in [1.29, 1.82) is 0 Å². The van der Waals surface area contributed by atoms with Gasteiger partial charge in [0.2, 0.25) is 0 Å². The number of carbonyl (C=O) groups is 3. The lowest BCUT2D eigenvalue weighted by atomic mass is 10.0. The molecule has 0 fully saturated rings. The van der Waals surface area contributed by atoms with Crippen molar-refractivity contribution in [1.82, 2.24) is 0 Å². The molecule has 0 aliphatic rings. The lowest BCUT2D eigenvalue weighted by molar-refractivity contribution is -0.166. The van der Waals surface area contributed by atoms with Gasteiger partial charge in [-0.1, -0.05) is 141 Å². The van der Waals surface area contributed by atoms with E-state index in [4.69, 9.17) is 14.2 Å². The van der Waals surface area contributed by atoms with Gasteiger partial charge < -0.3 is 14.2 Å². The fourth-order valence-electron chi connectivity index (χ4n) is 5.02. The molecule has 0 aromatic carbocycles. The number of allylic oxidation sites excluding steroid dienone is 4. The Kier molecular flexibility index (Phi) is 32.2. The second kappa shape index (κ2) is 33.8. The third-order valence-electron chi connectivity index (χ3n) is 7.77. The van der Waals surface area contributed by atoms with E-state index in [2.05, 4.69) is 38.2 Å². The largest absolute Gasteiger partial charge is 0.462 e. The van der Waals surface area contributed by atoms with Crippen LogP contribution in [0.3, 0.4) is 0 Å². The minimum absolute atomic E-state index is 0.0850. The summed E-state index contributed by atoms with van der Waals surface area (Å²) in [6.45, 7) is 5.60. The maximum atomic E-state index is 12.4. The molecule has 44 heavy (non-hydrogen) atoms. The molecule has 0 bridgehead atoms. The van der Waals surface area contributed by atoms with Crippen molar-refractivity contribution < 1.29 is 28.6 Å². The predicted octanol–water partition coefficient (Wildman–Crippen LogP) is 10.9. The van der Waals surface area contributed by atoms with E-state index in [0.717, 1.165) is 64.2 Å². The molecule has 0 radical (unpaired) electrons. The first-order chi connectivity index (χ1) is 21.5. The highest BCUT2D eigenvalue weighted by molar-refractivity contribution is 5.70. The van der Waals surface area contributed by atoms with Crippen molar-refractivity contribution in [3.63, 3.8) is 0 Å². The Labute approximate surface area is 271 Å². The standard InChI is InChI=1S/C38H68O6/c1-4-6-8-10-12-14-16-18-19-20-22-24-26-28-30-32-38(41)44-36(33-42-35(3)39)34-43-37(40)31-29-27-25-23-21-17-15-13-11-9-7-5-2/h12,14,18-19,36H,4-11,13,15-17,20-34H2,1-3H3/b14-12-,19-18-. The van der Waals surface area contributed by atoms with Crippen molar-refractivity contribution in [2.24, 2.45) is 0 Å². The Morgan fingerprint density at radius 3 is 1.43 bits per heavy atom. The van der Waals surface area contributed by atoms with Gasteiger partial charge in [-0.15, -0.1) is 0 Å². The SMILES string of the molecule is CCCCC/C=C\C/C=C\CCCCCCCC(=O)OC(COC(C)=O)COC(=O)CCCCCCCCCCCCCC. The molecular weight excluding hydrogens is 552 g/mol. The van der Waals surface area contributed by atoms with E-state index < -0.39 is 12.1 Å². The van der Waals surface area contributed by atoms with Crippen LogP contribution in [-0.2, 0) is 28.6 Å². The van der Waals surface area contributed by atoms with Crippen LogP contribution >= 0.6 is 0 Å². The number of ether oxygens (including phenoxy) is 3. The molecule has 0 aromatic heterocycles. The molecule has 6 nitrogen and oxygen atoms in total. The first kappa shape index (κ1) is 41.9. The summed E-state index contributed by atoms with van der Waals surface area (Å²) in [5, 5.41) is 0. The second-order valence-electron chi connectivity index (χ2n) is 12.2. The van der Waals surface area contributed by atoms with E-state index in [1.54, 1.807) is 0 Å². The summed E-state index contributed by atoms with van der Waals surface area (Å²) >= 11 is 0. The minimum atomic E-state index is -0.768. The Morgan fingerprint density at radius 1 is 0.500 bits per heavy atom. The topological polar surface area (TPSA) is 78.9 Å². The summed E-state index contributed by atoms with van der Waals surface area (Å²) < 4.78 is 15.9. The van der Waals surface area contributed by atoms with Gasteiger partial charge in [0.1, 0.15) is 13.2 Å². The van der Waals surface area contributed by atoms with Gasteiger partial charge in [-0.25, -0.2) is 0 Å². The summed E-state index contributed by atoms with van der Waals surface area (Å²) in [5.74, 6) is -1.10.